The van der Waals surface area contributed by atoms with Crippen molar-refractivity contribution in [3.8, 4) is 0 Å². The van der Waals surface area contributed by atoms with Crippen molar-refractivity contribution in [2.75, 3.05) is 6.54 Å². The van der Waals surface area contributed by atoms with Crippen LogP contribution in [0.3, 0.4) is 0 Å². The van der Waals surface area contributed by atoms with Gasteiger partial charge in [0.15, 0.2) is 5.82 Å². The van der Waals surface area contributed by atoms with Gasteiger partial charge >= 0.3 is 0 Å². The van der Waals surface area contributed by atoms with Crippen molar-refractivity contribution in [1.29, 1.82) is 0 Å². The first-order valence-electron chi connectivity index (χ1n) is 5.68. The molecule has 1 heterocycles. The maximum atomic E-state index is 5.26. The Hall–Kier alpha value is -0.900. The molecular formula is C11H21N3O. The summed E-state index contributed by atoms with van der Waals surface area (Å²) in [6.07, 6.45) is 3.17. The van der Waals surface area contributed by atoms with Crippen LogP contribution in [0.15, 0.2) is 4.52 Å². The molecule has 0 saturated heterocycles. The highest BCUT2D eigenvalue weighted by atomic mass is 16.5. The minimum atomic E-state index is -0.230. The number of hydrogen-bond donors (Lipinski definition) is 1. The molecule has 0 amide bonds. The van der Waals surface area contributed by atoms with Crippen molar-refractivity contribution < 1.29 is 4.52 Å². The van der Waals surface area contributed by atoms with E-state index in [9.17, 15) is 0 Å². The van der Waals surface area contributed by atoms with Crippen molar-refractivity contribution >= 4 is 0 Å². The molecule has 0 unspecified atom stereocenters. The van der Waals surface area contributed by atoms with Crippen LogP contribution in [0, 0.1) is 0 Å². The summed E-state index contributed by atoms with van der Waals surface area (Å²) in [6, 6.07) is 0. The number of rotatable bonds is 6. The van der Waals surface area contributed by atoms with E-state index in [1.165, 1.54) is 0 Å². The van der Waals surface area contributed by atoms with Gasteiger partial charge in [-0.15, -0.1) is 0 Å². The number of unbranched alkanes of at least 4 members (excludes halogenated alkanes) is 1. The fraction of sp³-hybridized carbons (Fsp3) is 0.818. The predicted molar refractivity (Wildman–Crippen MR) is 59.6 cm³/mol. The molecule has 0 atom stereocenters. The molecule has 0 radical (unpaired) electrons. The van der Waals surface area contributed by atoms with Crippen LogP contribution < -0.4 is 5.32 Å². The second-order valence-corrected chi connectivity index (χ2v) is 4.27. The van der Waals surface area contributed by atoms with E-state index in [0.29, 0.717) is 5.89 Å². The van der Waals surface area contributed by atoms with E-state index < -0.39 is 0 Å². The zero-order chi connectivity index (χ0) is 11.3. The van der Waals surface area contributed by atoms with Crippen molar-refractivity contribution in [3.05, 3.63) is 11.7 Å². The number of aromatic nitrogens is 2. The second-order valence-electron chi connectivity index (χ2n) is 4.27. The number of hydrogen-bond acceptors (Lipinski definition) is 4. The molecule has 4 heteroatoms. The van der Waals surface area contributed by atoms with E-state index in [2.05, 4.69) is 29.3 Å². The minimum Gasteiger partial charge on any atom is -0.337 e. The summed E-state index contributed by atoms with van der Waals surface area (Å²) < 4.78 is 5.26. The van der Waals surface area contributed by atoms with Gasteiger partial charge in [-0.2, -0.15) is 4.98 Å². The van der Waals surface area contributed by atoms with E-state index in [1.54, 1.807) is 0 Å². The van der Waals surface area contributed by atoms with Gasteiger partial charge in [0, 0.05) is 6.42 Å². The highest BCUT2D eigenvalue weighted by Crippen LogP contribution is 2.17. The summed E-state index contributed by atoms with van der Waals surface area (Å²) in [4.78, 5) is 4.40. The third-order valence-corrected chi connectivity index (χ3v) is 2.38. The van der Waals surface area contributed by atoms with Gasteiger partial charge in [0.05, 0.1) is 5.54 Å². The Bertz CT molecular complexity index is 294. The van der Waals surface area contributed by atoms with Gasteiger partial charge in [-0.3, -0.25) is 0 Å². The van der Waals surface area contributed by atoms with Gasteiger partial charge in [0.2, 0.25) is 5.89 Å². The molecule has 0 aliphatic carbocycles. The lowest BCUT2D eigenvalue weighted by Gasteiger charge is -2.20. The molecule has 1 aromatic rings. The topological polar surface area (TPSA) is 51.0 Å². The maximum Gasteiger partial charge on any atom is 0.246 e. The normalized spacial score (nSPS) is 12.0. The Labute approximate surface area is 91.5 Å². The lowest BCUT2D eigenvalue weighted by Crippen LogP contribution is -2.36. The van der Waals surface area contributed by atoms with Crippen molar-refractivity contribution in [2.24, 2.45) is 0 Å². The molecule has 0 aromatic carbocycles. The molecular weight excluding hydrogens is 190 g/mol. The van der Waals surface area contributed by atoms with Gasteiger partial charge in [0.25, 0.3) is 0 Å². The molecule has 1 rings (SSSR count). The Morgan fingerprint density at radius 3 is 2.67 bits per heavy atom. The largest absolute Gasteiger partial charge is 0.337 e. The summed E-state index contributed by atoms with van der Waals surface area (Å²) >= 11 is 0. The summed E-state index contributed by atoms with van der Waals surface area (Å²) in [5.74, 6) is 1.49. The molecule has 86 valence electrons. The lowest BCUT2D eigenvalue weighted by molar-refractivity contribution is 0.270. The smallest absolute Gasteiger partial charge is 0.246 e. The molecule has 1 N–H and O–H groups in total. The van der Waals surface area contributed by atoms with Crippen molar-refractivity contribution in [2.45, 2.75) is 52.5 Å². The molecule has 0 aliphatic rings. The zero-order valence-electron chi connectivity index (χ0n) is 10.1. The van der Waals surface area contributed by atoms with Crippen LogP contribution >= 0.6 is 0 Å². The molecule has 15 heavy (non-hydrogen) atoms. The van der Waals surface area contributed by atoms with Crippen LogP contribution in [0.5, 0.6) is 0 Å². The SMILES string of the molecule is CCCCc1noc(C(C)(C)NCC)n1. The Kier molecular flexibility index (Phi) is 4.27. The Morgan fingerprint density at radius 1 is 1.33 bits per heavy atom. The highest BCUT2D eigenvalue weighted by molar-refractivity contribution is 4.99. The average Bonchev–Trinajstić information content (AvgIpc) is 2.63. The van der Waals surface area contributed by atoms with Crippen LogP contribution in [0.2, 0.25) is 0 Å². The molecule has 0 bridgehead atoms. The third kappa shape index (κ3) is 3.30. The quantitative estimate of drug-likeness (QED) is 0.784. The molecule has 0 aliphatic heterocycles. The van der Waals surface area contributed by atoms with E-state index in [-0.39, 0.29) is 5.54 Å². The van der Waals surface area contributed by atoms with Crippen LogP contribution in [0.25, 0.3) is 0 Å². The van der Waals surface area contributed by atoms with Gasteiger partial charge < -0.3 is 9.84 Å². The molecule has 0 saturated carbocycles. The standard InChI is InChI=1S/C11H21N3O/c1-5-7-8-9-13-10(15-14-9)11(3,4)12-6-2/h12H,5-8H2,1-4H3. The first kappa shape index (κ1) is 12.2. The fourth-order valence-electron chi connectivity index (χ4n) is 1.46. The van der Waals surface area contributed by atoms with E-state index in [0.717, 1.165) is 31.6 Å². The summed E-state index contributed by atoms with van der Waals surface area (Å²) in [5, 5.41) is 7.29. The first-order valence-corrected chi connectivity index (χ1v) is 5.68. The van der Waals surface area contributed by atoms with E-state index in [1.807, 2.05) is 13.8 Å². The van der Waals surface area contributed by atoms with Gasteiger partial charge in [-0.05, 0) is 26.8 Å². The number of aryl methyl sites for hydroxylation is 1. The average molecular weight is 211 g/mol. The first-order chi connectivity index (χ1) is 7.10. The molecule has 4 nitrogen and oxygen atoms in total. The third-order valence-electron chi connectivity index (χ3n) is 2.38. The van der Waals surface area contributed by atoms with Gasteiger partial charge in [-0.25, -0.2) is 0 Å². The molecule has 0 spiro atoms. The van der Waals surface area contributed by atoms with Crippen molar-refractivity contribution in [3.63, 3.8) is 0 Å². The second kappa shape index (κ2) is 5.26. The van der Waals surface area contributed by atoms with Crippen LogP contribution in [-0.2, 0) is 12.0 Å². The maximum absolute atomic E-state index is 5.26. The Morgan fingerprint density at radius 2 is 2.07 bits per heavy atom. The number of nitrogens with zero attached hydrogens (tertiary/aromatic N) is 2. The minimum absolute atomic E-state index is 0.230. The molecule has 1 aromatic heterocycles. The zero-order valence-corrected chi connectivity index (χ0v) is 10.1. The fourth-order valence-corrected chi connectivity index (χ4v) is 1.46. The van der Waals surface area contributed by atoms with Crippen molar-refractivity contribution in [1.82, 2.24) is 15.5 Å². The summed E-state index contributed by atoms with van der Waals surface area (Å²) in [6.45, 7) is 9.21. The monoisotopic (exact) mass is 211 g/mol. The van der Waals surface area contributed by atoms with Crippen LogP contribution in [0.1, 0.15) is 52.3 Å². The van der Waals surface area contributed by atoms with Gasteiger partial charge in [0.1, 0.15) is 0 Å². The summed E-state index contributed by atoms with van der Waals surface area (Å²) in [5.41, 5.74) is -0.230. The van der Waals surface area contributed by atoms with Crippen LogP contribution in [-0.4, -0.2) is 16.7 Å². The van der Waals surface area contributed by atoms with E-state index in [4.69, 9.17) is 4.52 Å². The number of nitrogens with one attached hydrogen (secondary N) is 1. The van der Waals surface area contributed by atoms with Gasteiger partial charge in [-0.1, -0.05) is 25.4 Å². The summed E-state index contributed by atoms with van der Waals surface area (Å²) in [7, 11) is 0. The van der Waals surface area contributed by atoms with E-state index >= 15 is 0 Å². The molecule has 0 fully saturated rings. The highest BCUT2D eigenvalue weighted by Gasteiger charge is 2.25. The lowest BCUT2D eigenvalue weighted by atomic mass is 10.1. The predicted octanol–water partition coefficient (Wildman–Crippen LogP) is 2.26. The van der Waals surface area contributed by atoms with Crippen LogP contribution in [0.4, 0.5) is 0 Å². The Balaban J connectivity index is 2.66.